The van der Waals surface area contributed by atoms with E-state index in [0.717, 1.165) is 36.8 Å². The molecule has 0 unspecified atom stereocenters. The zero-order valence-electron chi connectivity index (χ0n) is 17.0. The predicted molar refractivity (Wildman–Crippen MR) is 107 cm³/mol. The standard InChI is InChI=1S/C21H24F3N5O/c1-3-15-10-16(21(22,23)24)17-18(28-30-20(17)27-15)13-7-5-9-29(11-13)12-14-6-4-8-26-19(14)25-2/h4,6,8,10,13H,3,5,7,9,11-12H2,1-2H3,(H,25,26)/t13-/m1/s1. The van der Waals surface area contributed by atoms with Gasteiger partial charge in [-0.15, -0.1) is 0 Å². The van der Waals surface area contributed by atoms with Gasteiger partial charge in [0, 0.05) is 43.5 Å². The Morgan fingerprint density at radius 3 is 2.90 bits per heavy atom. The van der Waals surface area contributed by atoms with Gasteiger partial charge in [0.1, 0.15) is 5.82 Å². The summed E-state index contributed by atoms with van der Waals surface area (Å²) in [5, 5.41) is 7.14. The van der Waals surface area contributed by atoms with Crippen LogP contribution in [-0.4, -0.2) is 40.2 Å². The molecule has 0 saturated carbocycles. The van der Waals surface area contributed by atoms with Gasteiger partial charge in [0.25, 0.3) is 5.71 Å². The molecule has 3 aromatic heterocycles. The third-order valence-electron chi connectivity index (χ3n) is 5.61. The van der Waals surface area contributed by atoms with Crippen molar-refractivity contribution in [3.8, 4) is 0 Å². The van der Waals surface area contributed by atoms with E-state index in [2.05, 4.69) is 25.3 Å². The minimum absolute atomic E-state index is 0.00356. The molecule has 1 aliphatic rings. The number of aromatic nitrogens is 3. The number of fused-ring (bicyclic) bond motifs is 1. The number of hydrogen-bond donors (Lipinski definition) is 1. The van der Waals surface area contributed by atoms with Gasteiger partial charge in [-0.25, -0.2) is 9.97 Å². The van der Waals surface area contributed by atoms with Crippen LogP contribution in [-0.2, 0) is 19.1 Å². The molecule has 3 aromatic rings. The van der Waals surface area contributed by atoms with E-state index < -0.39 is 11.7 Å². The molecule has 0 amide bonds. The van der Waals surface area contributed by atoms with Gasteiger partial charge in [-0.2, -0.15) is 13.2 Å². The second-order valence-electron chi connectivity index (χ2n) is 7.60. The lowest BCUT2D eigenvalue weighted by atomic mass is 9.91. The molecule has 1 aliphatic heterocycles. The van der Waals surface area contributed by atoms with Gasteiger partial charge in [0.15, 0.2) is 0 Å². The number of likely N-dealkylation sites (tertiary alicyclic amines) is 1. The number of rotatable bonds is 5. The van der Waals surface area contributed by atoms with E-state index in [1.807, 2.05) is 19.2 Å². The zero-order valence-corrected chi connectivity index (χ0v) is 17.0. The third kappa shape index (κ3) is 3.98. The molecule has 4 heterocycles. The minimum Gasteiger partial charge on any atom is -0.373 e. The van der Waals surface area contributed by atoms with E-state index >= 15 is 0 Å². The van der Waals surface area contributed by atoms with E-state index in [1.54, 1.807) is 13.1 Å². The molecule has 1 saturated heterocycles. The van der Waals surface area contributed by atoms with Gasteiger partial charge in [-0.1, -0.05) is 18.1 Å². The second kappa shape index (κ2) is 8.22. The summed E-state index contributed by atoms with van der Waals surface area (Å²) < 4.78 is 46.6. The first-order valence-corrected chi connectivity index (χ1v) is 10.1. The summed E-state index contributed by atoms with van der Waals surface area (Å²) in [6.45, 7) is 3.91. The van der Waals surface area contributed by atoms with Crippen molar-refractivity contribution in [2.24, 2.45) is 0 Å². The van der Waals surface area contributed by atoms with Gasteiger partial charge in [-0.05, 0) is 37.9 Å². The fraction of sp³-hybridized carbons (Fsp3) is 0.476. The van der Waals surface area contributed by atoms with Crippen LogP contribution in [0.25, 0.3) is 11.1 Å². The monoisotopic (exact) mass is 419 g/mol. The van der Waals surface area contributed by atoms with Crippen molar-refractivity contribution in [1.82, 2.24) is 20.0 Å². The van der Waals surface area contributed by atoms with Crippen LogP contribution in [0.4, 0.5) is 19.0 Å². The quantitative estimate of drug-likeness (QED) is 0.651. The molecule has 6 nitrogen and oxygen atoms in total. The Morgan fingerprint density at radius 2 is 2.17 bits per heavy atom. The van der Waals surface area contributed by atoms with Crippen LogP contribution >= 0.6 is 0 Å². The Balaban J connectivity index is 1.65. The van der Waals surface area contributed by atoms with Crippen LogP contribution in [0.3, 0.4) is 0 Å². The molecule has 0 spiro atoms. The zero-order chi connectivity index (χ0) is 21.3. The highest BCUT2D eigenvalue weighted by molar-refractivity contribution is 5.81. The number of alkyl halides is 3. The van der Waals surface area contributed by atoms with Crippen molar-refractivity contribution in [2.75, 3.05) is 25.5 Å². The summed E-state index contributed by atoms with van der Waals surface area (Å²) in [5.74, 6) is 0.659. The third-order valence-corrected chi connectivity index (χ3v) is 5.61. The number of anilines is 1. The fourth-order valence-electron chi connectivity index (χ4n) is 4.16. The molecule has 1 N–H and O–H groups in total. The largest absolute Gasteiger partial charge is 0.417 e. The summed E-state index contributed by atoms with van der Waals surface area (Å²) >= 11 is 0. The molecule has 1 atom stereocenters. The molecule has 0 aliphatic carbocycles. The van der Waals surface area contributed by atoms with E-state index in [0.29, 0.717) is 30.9 Å². The Kier molecular flexibility index (Phi) is 5.64. The Bertz CT molecular complexity index is 1030. The predicted octanol–water partition coefficient (Wildman–Crippen LogP) is 4.62. The molecular weight excluding hydrogens is 395 g/mol. The van der Waals surface area contributed by atoms with E-state index in [4.69, 9.17) is 4.52 Å². The molecule has 160 valence electrons. The molecule has 0 radical (unpaired) electrons. The number of aryl methyl sites for hydroxylation is 1. The SMILES string of the molecule is CCc1cc(C(F)(F)F)c2c([C@@H]3CCCN(Cc4cccnc4NC)C3)noc2n1. The number of piperidine rings is 1. The van der Waals surface area contributed by atoms with Crippen molar-refractivity contribution in [1.29, 1.82) is 0 Å². The fourth-order valence-corrected chi connectivity index (χ4v) is 4.16. The van der Waals surface area contributed by atoms with Crippen molar-refractivity contribution in [3.63, 3.8) is 0 Å². The van der Waals surface area contributed by atoms with E-state index in [1.165, 1.54) is 0 Å². The maximum Gasteiger partial charge on any atom is 0.417 e. The lowest BCUT2D eigenvalue weighted by Gasteiger charge is -2.32. The number of hydrogen-bond acceptors (Lipinski definition) is 6. The second-order valence-corrected chi connectivity index (χ2v) is 7.60. The maximum atomic E-state index is 13.8. The average molecular weight is 419 g/mol. The molecule has 0 aromatic carbocycles. The Morgan fingerprint density at radius 1 is 1.33 bits per heavy atom. The van der Waals surface area contributed by atoms with Crippen molar-refractivity contribution in [2.45, 2.75) is 44.8 Å². The maximum absolute atomic E-state index is 13.8. The first kappa shape index (κ1) is 20.6. The number of nitrogens with zero attached hydrogens (tertiary/aromatic N) is 4. The summed E-state index contributed by atoms with van der Waals surface area (Å²) in [4.78, 5) is 10.8. The van der Waals surface area contributed by atoms with Crippen molar-refractivity contribution >= 4 is 16.9 Å². The van der Waals surface area contributed by atoms with Crippen LogP contribution in [0.1, 0.15) is 48.2 Å². The number of nitrogens with one attached hydrogen (secondary N) is 1. The summed E-state index contributed by atoms with van der Waals surface area (Å²) in [6.07, 6.45) is -0.735. The Labute approximate surface area is 172 Å². The van der Waals surface area contributed by atoms with Gasteiger partial charge in [-0.3, -0.25) is 4.90 Å². The molecule has 1 fully saturated rings. The van der Waals surface area contributed by atoms with Crippen molar-refractivity contribution in [3.05, 3.63) is 46.9 Å². The molecule has 0 bridgehead atoms. The van der Waals surface area contributed by atoms with Gasteiger partial charge in [0.05, 0.1) is 16.6 Å². The first-order chi connectivity index (χ1) is 14.4. The van der Waals surface area contributed by atoms with Crippen LogP contribution in [0.5, 0.6) is 0 Å². The summed E-state index contributed by atoms with van der Waals surface area (Å²) in [6, 6.07) is 5.01. The van der Waals surface area contributed by atoms with Crippen LogP contribution in [0, 0.1) is 0 Å². The highest BCUT2D eigenvalue weighted by Gasteiger charge is 2.38. The molecule has 9 heteroatoms. The first-order valence-electron chi connectivity index (χ1n) is 10.1. The summed E-state index contributed by atoms with van der Waals surface area (Å²) in [5.41, 5.74) is 1.02. The van der Waals surface area contributed by atoms with Crippen LogP contribution in [0.2, 0.25) is 0 Å². The lowest BCUT2D eigenvalue weighted by molar-refractivity contribution is -0.136. The van der Waals surface area contributed by atoms with Gasteiger partial charge < -0.3 is 9.84 Å². The highest BCUT2D eigenvalue weighted by Crippen LogP contribution is 2.40. The van der Waals surface area contributed by atoms with E-state index in [-0.39, 0.29) is 17.0 Å². The van der Waals surface area contributed by atoms with Crippen molar-refractivity contribution < 1.29 is 17.7 Å². The normalized spacial score (nSPS) is 18.1. The molecular formula is C21H24F3N5O. The van der Waals surface area contributed by atoms with Crippen LogP contribution in [0.15, 0.2) is 28.9 Å². The highest BCUT2D eigenvalue weighted by atomic mass is 19.4. The lowest BCUT2D eigenvalue weighted by Crippen LogP contribution is -2.34. The van der Waals surface area contributed by atoms with E-state index in [9.17, 15) is 13.2 Å². The van der Waals surface area contributed by atoms with Gasteiger partial charge in [0.2, 0.25) is 0 Å². The topological polar surface area (TPSA) is 67.1 Å². The van der Waals surface area contributed by atoms with Gasteiger partial charge >= 0.3 is 6.18 Å². The summed E-state index contributed by atoms with van der Waals surface area (Å²) in [7, 11) is 1.82. The smallest absolute Gasteiger partial charge is 0.373 e. The average Bonchev–Trinajstić information content (AvgIpc) is 3.17. The minimum atomic E-state index is -4.49. The Hall–Kier alpha value is -2.68. The van der Waals surface area contributed by atoms with Crippen LogP contribution < -0.4 is 5.32 Å². The molecule has 4 rings (SSSR count). The number of halogens is 3. The molecule has 30 heavy (non-hydrogen) atoms. The number of pyridine rings is 2.